The van der Waals surface area contributed by atoms with Gasteiger partial charge < -0.3 is 28.4 Å². The van der Waals surface area contributed by atoms with Crippen molar-refractivity contribution in [2.24, 2.45) is 7.05 Å². The average Bonchev–Trinajstić information content (AvgIpc) is 3.87. The van der Waals surface area contributed by atoms with E-state index in [1.165, 1.54) is 10.3 Å². The van der Waals surface area contributed by atoms with Crippen LogP contribution in [-0.4, -0.2) is 79.2 Å². The zero-order valence-corrected chi connectivity index (χ0v) is 32.4. The van der Waals surface area contributed by atoms with Gasteiger partial charge in [-0.15, -0.1) is 0 Å². The monoisotopic (exact) mass is 788 g/mol. The minimum absolute atomic E-state index is 0.0363. The highest BCUT2D eigenvalue weighted by molar-refractivity contribution is 6.08. The van der Waals surface area contributed by atoms with E-state index in [9.17, 15) is 14.4 Å². The van der Waals surface area contributed by atoms with Gasteiger partial charge in [0.1, 0.15) is 47.7 Å². The number of fused-ring (bicyclic) bond motifs is 4. The molecule has 1 N–H and O–H groups in total. The van der Waals surface area contributed by atoms with Crippen LogP contribution >= 0.6 is 0 Å². The molecule has 13 nitrogen and oxygen atoms in total. The van der Waals surface area contributed by atoms with Crippen molar-refractivity contribution < 1.29 is 33.3 Å². The maximum absolute atomic E-state index is 13.0. The van der Waals surface area contributed by atoms with Crippen LogP contribution in [0.2, 0.25) is 0 Å². The molecule has 13 heteroatoms. The van der Waals surface area contributed by atoms with Crippen molar-refractivity contribution in [3.63, 3.8) is 0 Å². The van der Waals surface area contributed by atoms with Crippen LogP contribution in [0.4, 0.5) is 0 Å². The Bertz CT molecular complexity index is 2690. The number of aryl methyl sites for hydroxylation is 1. The Morgan fingerprint density at radius 2 is 1.68 bits per heavy atom. The third-order valence-electron chi connectivity index (χ3n) is 11.6. The summed E-state index contributed by atoms with van der Waals surface area (Å²) in [5.74, 6) is 7.36. The number of aromatic nitrogens is 4. The standard InChI is InChI=1S/C46H40N6O7/c1-51-39-13-17-47-26-38(39)37-7-2-28(21-41(37)51)29-3-11-43(49-24-29)59-35-22-34(23-35)58-33-5-4-31(48-25-33)12-14-46(15-16-46)57-19-18-56-32-6-8-36-30(20-32)27-52(45(36)55)40-9-10-42(53)50-44(40)54/h2-8,11,13,17,20-21,24-26,34-35,40H,9-10,15-16,18-19,22-23,27H2,1H3,(H,50,53,54). The van der Waals surface area contributed by atoms with Crippen LogP contribution in [0.1, 0.15) is 60.1 Å². The summed E-state index contributed by atoms with van der Waals surface area (Å²) in [6.07, 6.45) is 11.1. The minimum Gasteiger partial charge on any atom is -0.491 e. The smallest absolute Gasteiger partial charge is 0.255 e. The topological polar surface area (TPSA) is 147 Å². The summed E-state index contributed by atoms with van der Waals surface area (Å²) in [6.45, 7) is 0.960. The first-order valence-corrected chi connectivity index (χ1v) is 19.9. The third kappa shape index (κ3) is 7.32. The van der Waals surface area contributed by atoms with Crippen LogP contribution in [0.5, 0.6) is 17.4 Å². The number of benzene rings is 2. The maximum atomic E-state index is 13.0. The highest BCUT2D eigenvalue weighted by Gasteiger charge is 2.43. The van der Waals surface area contributed by atoms with E-state index in [4.69, 9.17) is 18.9 Å². The van der Waals surface area contributed by atoms with Gasteiger partial charge in [-0.05, 0) is 84.8 Å². The third-order valence-corrected chi connectivity index (χ3v) is 11.6. The van der Waals surface area contributed by atoms with Crippen molar-refractivity contribution in [3.8, 4) is 40.3 Å². The molecule has 2 aromatic carbocycles. The van der Waals surface area contributed by atoms with Crippen LogP contribution in [0, 0.1) is 11.8 Å². The molecule has 4 aliphatic rings. The number of nitrogens with zero attached hydrogens (tertiary/aromatic N) is 5. The molecule has 0 bridgehead atoms. The van der Waals surface area contributed by atoms with Crippen molar-refractivity contribution >= 4 is 39.5 Å². The normalized spacial score (nSPS) is 20.4. The molecule has 10 rings (SSSR count). The van der Waals surface area contributed by atoms with E-state index in [1.807, 2.05) is 55.0 Å². The number of carbonyl (C=O) groups is 3. The fourth-order valence-electron chi connectivity index (χ4n) is 8.09. The van der Waals surface area contributed by atoms with Gasteiger partial charge in [0.05, 0.1) is 18.3 Å². The van der Waals surface area contributed by atoms with Gasteiger partial charge in [0.2, 0.25) is 17.7 Å². The largest absolute Gasteiger partial charge is 0.491 e. The van der Waals surface area contributed by atoms with Crippen LogP contribution in [0.25, 0.3) is 32.9 Å². The van der Waals surface area contributed by atoms with Gasteiger partial charge in [0.25, 0.3) is 5.91 Å². The molecular formula is C46H40N6O7. The van der Waals surface area contributed by atoms with Crippen molar-refractivity contribution in [2.45, 2.75) is 68.9 Å². The van der Waals surface area contributed by atoms with Gasteiger partial charge in [-0.3, -0.25) is 24.7 Å². The van der Waals surface area contributed by atoms with Gasteiger partial charge in [0, 0.05) is 84.9 Å². The lowest BCUT2D eigenvalue weighted by atomic mass is 9.92. The summed E-state index contributed by atoms with van der Waals surface area (Å²) in [5, 5.41) is 4.66. The van der Waals surface area contributed by atoms with E-state index >= 15 is 0 Å². The van der Waals surface area contributed by atoms with Crippen molar-refractivity contribution in [1.82, 2.24) is 29.7 Å². The predicted molar refractivity (Wildman–Crippen MR) is 217 cm³/mol. The zero-order chi connectivity index (χ0) is 40.1. The van der Waals surface area contributed by atoms with Gasteiger partial charge in [-0.1, -0.05) is 18.1 Å². The zero-order valence-electron chi connectivity index (χ0n) is 32.4. The average molecular weight is 789 g/mol. The molecule has 1 unspecified atom stereocenters. The Labute approximate surface area is 339 Å². The van der Waals surface area contributed by atoms with Gasteiger partial charge >= 0.3 is 0 Å². The minimum atomic E-state index is -0.650. The molecule has 59 heavy (non-hydrogen) atoms. The Balaban J connectivity index is 0.659. The number of amides is 3. The van der Waals surface area contributed by atoms with Crippen LogP contribution in [0.3, 0.4) is 0 Å². The predicted octanol–water partition coefficient (Wildman–Crippen LogP) is 5.91. The number of hydrogen-bond acceptors (Lipinski definition) is 10. The Morgan fingerprint density at radius 1 is 0.831 bits per heavy atom. The molecule has 2 saturated carbocycles. The first kappa shape index (κ1) is 36.6. The second kappa shape index (κ2) is 14.9. The number of piperidine rings is 1. The van der Waals surface area contributed by atoms with Crippen molar-refractivity contribution in [3.05, 3.63) is 108 Å². The highest BCUT2D eigenvalue weighted by atomic mass is 16.5. The van der Waals surface area contributed by atoms with Crippen LogP contribution < -0.4 is 19.5 Å². The summed E-state index contributed by atoms with van der Waals surface area (Å²) in [5.41, 5.74) is 5.90. The van der Waals surface area contributed by atoms with Crippen LogP contribution in [-0.2, 0) is 27.9 Å². The quantitative estimate of drug-likeness (QED) is 0.0955. The summed E-state index contributed by atoms with van der Waals surface area (Å²) in [7, 11) is 2.08. The molecule has 2 aliphatic heterocycles. The van der Waals surface area contributed by atoms with Crippen molar-refractivity contribution in [2.75, 3.05) is 13.2 Å². The number of pyridine rings is 3. The van der Waals surface area contributed by atoms with Gasteiger partial charge in [-0.25, -0.2) is 9.97 Å². The van der Waals surface area contributed by atoms with Gasteiger partial charge in [-0.2, -0.15) is 0 Å². The number of hydrogen-bond donors (Lipinski definition) is 1. The fraction of sp³-hybridized carbons (Fsp3) is 0.304. The Hall–Kier alpha value is -6.78. The van der Waals surface area contributed by atoms with Crippen molar-refractivity contribution in [1.29, 1.82) is 0 Å². The molecular weight excluding hydrogens is 749 g/mol. The molecule has 1 saturated heterocycles. The molecule has 6 heterocycles. The summed E-state index contributed by atoms with van der Waals surface area (Å²) in [4.78, 5) is 51.8. The highest BCUT2D eigenvalue weighted by Crippen LogP contribution is 2.39. The number of rotatable bonds is 11. The number of imide groups is 1. The summed E-state index contributed by atoms with van der Waals surface area (Å²) < 4.78 is 26.5. The van der Waals surface area contributed by atoms with E-state index < -0.39 is 17.6 Å². The van der Waals surface area contributed by atoms with E-state index in [-0.39, 0.29) is 30.4 Å². The summed E-state index contributed by atoms with van der Waals surface area (Å²) >= 11 is 0. The SMILES string of the molecule is Cn1c2ccncc2c2ccc(-c3ccc(OC4CC(Oc5ccc(C#CC6(OCCOc7ccc8c(c7)CN(C7CCC(=O)NC7=O)C8=O)CC6)nc5)C4)nc3)cc21. The molecule has 6 aromatic rings. The summed E-state index contributed by atoms with van der Waals surface area (Å²) in [6, 6.07) is 20.9. The lowest BCUT2D eigenvalue weighted by Crippen LogP contribution is -2.52. The number of carbonyl (C=O) groups excluding carboxylic acids is 3. The molecule has 2 aliphatic carbocycles. The van der Waals surface area contributed by atoms with Gasteiger partial charge in [0.15, 0.2) is 0 Å². The second-order valence-corrected chi connectivity index (χ2v) is 15.6. The Morgan fingerprint density at radius 3 is 2.47 bits per heavy atom. The lowest BCUT2D eigenvalue weighted by molar-refractivity contribution is -0.136. The van der Waals surface area contributed by atoms with Crippen LogP contribution in [0.15, 0.2) is 91.5 Å². The lowest BCUT2D eigenvalue weighted by Gasteiger charge is -2.34. The number of nitrogens with one attached hydrogen (secondary N) is 1. The fourth-order valence-corrected chi connectivity index (χ4v) is 8.09. The first-order chi connectivity index (χ1) is 28.8. The molecule has 1 atom stereocenters. The molecule has 4 aromatic heterocycles. The molecule has 3 amide bonds. The molecule has 296 valence electrons. The molecule has 0 radical (unpaired) electrons. The van der Waals surface area contributed by atoms with E-state index in [1.54, 1.807) is 18.3 Å². The molecule has 0 spiro atoms. The number of ether oxygens (including phenoxy) is 4. The first-order valence-electron chi connectivity index (χ1n) is 19.9. The molecule has 3 fully saturated rings. The van der Waals surface area contributed by atoms with E-state index in [0.717, 1.165) is 58.8 Å². The Kier molecular flexibility index (Phi) is 9.21. The maximum Gasteiger partial charge on any atom is 0.255 e. The second-order valence-electron chi connectivity index (χ2n) is 15.6. The van der Waals surface area contributed by atoms with E-state index in [0.29, 0.717) is 54.8 Å². The van der Waals surface area contributed by atoms with E-state index in [2.05, 4.69) is 61.9 Å².